The van der Waals surface area contributed by atoms with Crippen LogP contribution in [0, 0.1) is 0 Å². The molecule has 1 aliphatic heterocycles. The minimum absolute atomic E-state index is 0.0892. The molecular weight excluding hydrogens is 430 g/mol. The van der Waals surface area contributed by atoms with Crippen molar-refractivity contribution in [1.29, 1.82) is 0 Å². The molecule has 0 bridgehead atoms. The third-order valence-corrected chi connectivity index (χ3v) is 5.67. The molecule has 0 aliphatic carbocycles. The van der Waals surface area contributed by atoms with Crippen molar-refractivity contribution in [2.75, 3.05) is 18.5 Å². The van der Waals surface area contributed by atoms with E-state index in [4.69, 9.17) is 9.84 Å². The number of nitrogens with one attached hydrogen (secondary N) is 1. The number of likely N-dealkylation sites (N-methyl/N-ethyl adjacent to an activating group) is 1. The number of amides is 2. The summed E-state index contributed by atoms with van der Waals surface area (Å²) in [5.41, 5.74) is 3.38. The van der Waals surface area contributed by atoms with Crippen molar-refractivity contribution in [3.63, 3.8) is 0 Å². The lowest BCUT2D eigenvalue weighted by molar-refractivity contribution is -0.127. The molecule has 1 aliphatic rings. The van der Waals surface area contributed by atoms with E-state index in [9.17, 15) is 9.59 Å². The molecule has 0 saturated carbocycles. The molecule has 4 aromatic rings. The summed E-state index contributed by atoms with van der Waals surface area (Å²) in [5, 5.41) is 7.34. The molecule has 0 saturated heterocycles. The number of hydrogen-bond acceptors (Lipinski definition) is 5. The fourth-order valence-electron chi connectivity index (χ4n) is 4.02. The number of ether oxygens (including phenoxy) is 1. The van der Waals surface area contributed by atoms with Gasteiger partial charge in [0.15, 0.2) is 6.10 Å². The zero-order chi connectivity index (χ0) is 23.5. The molecule has 34 heavy (non-hydrogen) atoms. The first-order valence-electron chi connectivity index (χ1n) is 10.9. The van der Waals surface area contributed by atoms with Crippen LogP contribution in [-0.2, 0) is 11.3 Å². The van der Waals surface area contributed by atoms with E-state index in [1.165, 1.54) is 0 Å². The van der Waals surface area contributed by atoms with Crippen molar-refractivity contribution in [1.82, 2.24) is 20.1 Å². The molecule has 0 fully saturated rings. The van der Waals surface area contributed by atoms with Crippen molar-refractivity contribution in [2.24, 2.45) is 0 Å². The van der Waals surface area contributed by atoms with Gasteiger partial charge in [-0.1, -0.05) is 42.5 Å². The molecule has 8 nitrogen and oxygen atoms in total. The topological polar surface area (TPSA) is 89.4 Å². The lowest BCUT2D eigenvalue weighted by atomic mass is 10.1. The molecule has 2 amide bonds. The zero-order valence-electron chi connectivity index (χ0n) is 18.6. The highest BCUT2D eigenvalue weighted by molar-refractivity contribution is 6.11. The van der Waals surface area contributed by atoms with Crippen LogP contribution >= 0.6 is 0 Å². The van der Waals surface area contributed by atoms with Gasteiger partial charge in [-0.25, -0.2) is 0 Å². The first kappa shape index (κ1) is 21.4. The summed E-state index contributed by atoms with van der Waals surface area (Å²) in [4.78, 5) is 32.1. The number of anilines is 1. The summed E-state index contributed by atoms with van der Waals surface area (Å²) in [6, 6.07) is 20.8. The fraction of sp³-hybridized carbons (Fsp3) is 0.154. The highest BCUT2D eigenvalue weighted by Gasteiger charge is 2.35. The van der Waals surface area contributed by atoms with Crippen LogP contribution in [0.1, 0.15) is 15.9 Å². The Bertz CT molecular complexity index is 1320. The van der Waals surface area contributed by atoms with Crippen molar-refractivity contribution >= 4 is 17.5 Å². The molecule has 1 atom stereocenters. The van der Waals surface area contributed by atoms with Gasteiger partial charge in [0.05, 0.1) is 24.3 Å². The summed E-state index contributed by atoms with van der Waals surface area (Å²) in [7, 11) is 1.55. The van der Waals surface area contributed by atoms with Crippen molar-refractivity contribution in [3.8, 4) is 17.0 Å². The summed E-state index contributed by atoms with van der Waals surface area (Å²) in [6.45, 7) is 0.605. The molecule has 2 aromatic carbocycles. The third-order valence-electron chi connectivity index (χ3n) is 5.67. The largest absolute Gasteiger partial charge is 0.477 e. The Morgan fingerprint density at radius 2 is 1.85 bits per heavy atom. The number of rotatable bonds is 5. The normalized spacial score (nSPS) is 14.7. The number of para-hydroxylation sites is 2. The summed E-state index contributed by atoms with van der Waals surface area (Å²) >= 11 is 0. The van der Waals surface area contributed by atoms with Gasteiger partial charge in [-0.15, -0.1) is 0 Å². The van der Waals surface area contributed by atoms with E-state index in [-0.39, 0.29) is 18.4 Å². The van der Waals surface area contributed by atoms with Gasteiger partial charge < -0.3 is 15.0 Å². The standard InChI is InChI=1S/C26H23N5O3/c1-27-25(32)23-17-31(21-11-5-6-12-22(21)34-23)26(33)20-16-30(15-18-8-3-2-4-9-18)29-24(20)19-10-7-13-28-14-19/h2-14,16,23H,15,17H2,1H3,(H,27,32). The number of carbonyl (C=O) groups excluding carboxylic acids is 2. The molecule has 2 aromatic heterocycles. The average Bonchev–Trinajstić information content (AvgIpc) is 3.32. The molecule has 1 N–H and O–H groups in total. The molecule has 8 heteroatoms. The van der Waals surface area contributed by atoms with Gasteiger partial charge in [0, 0.05) is 31.2 Å². The summed E-state index contributed by atoms with van der Waals surface area (Å²) in [5.74, 6) is -0.0716. The van der Waals surface area contributed by atoms with E-state index in [0.717, 1.165) is 11.1 Å². The smallest absolute Gasteiger partial charge is 0.262 e. The Labute approximate surface area is 196 Å². The SMILES string of the molecule is CNC(=O)C1CN(C(=O)c2cn(Cc3ccccc3)nc2-c2cccnc2)c2ccccc2O1. The van der Waals surface area contributed by atoms with Crippen LogP contribution < -0.4 is 15.0 Å². The van der Waals surface area contributed by atoms with Crippen LogP contribution in [0.5, 0.6) is 5.75 Å². The number of pyridine rings is 1. The molecule has 5 rings (SSSR count). The second-order valence-corrected chi connectivity index (χ2v) is 7.92. The maximum Gasteiger partial charge on any atom is 0.262 e. The number of fused-ring (bicyclic) bond motifs is 1. The van der Waals surface area contributed by atoms with Crippen LogP contribution in [-0.4, -0.2) is 46.3 Å². The lowest BCUT2D eigenvalue weighted by Gasteiger charge is -2.34. The number of benzene rings is 2. The summed E-state index contributed by atoms with van der Waals surface area (Å²) in [6.07, 6.45) is 4.31. The molecule has 170 valence electrons. The number of aromatic nitrogens is 3. The van der Waals surface area contributed by atoms with Gasteiger partial charge in [-0.3, -0.25) is 19.3 Å². The Balaban J connectivity index is 1.56. The van der Waals surface area contributed by atoms with Crippen LogP contribution in [0.4, 0.5) is 5.69 Å². The van der Waals surface area contributed by atoms with E-state index >= 15 is 0 Å². The quantitative estimate of drug-likeness (QED) is 0.502. The van der Waals surface area contributed by atoms with E-state index < -0.39 is 6.10 Å². The van der Waals surface area contributed by atoms with E-state index in [1.807, 2.05) is 60.7 Å². The maximum absolute atomic E-state index is 13.9. The van der Waals surface area contributed by atoms with Crippen LogP contribution in [0.15, 0.2) is 85.3 Å². The Morgan fingerprint density at radius 3 is 2.62 bits per heavy atom. The van der Waals surface area contributed by atoms with Gasteiger partial charge in [0.2, 0.25) is 0 Å². The summed E-state index contributed by atoms with van der Waals surface area (Å²) < 4.78 is 7.62. The molecule has 0 radical (unpaired) electrons. The number of carbonyl (C=O) groups is 2. The van der Waals surface area contributed by atoms with Gasteiger partial charge in [-0.05, 0) is 29.8 Å². The molecule has 0 spiro atoms. The van der Waals surface area contributed by atoms with Crippen LogP contribution in [0.25, 0.3) is 11.3 Å². The lowest BCUT2D eigenvalue weighted by Crippen LogP contribution is -2.50. The van der Waals surface area contributed by atoms with Gasteiger partial charge in [-0.2, -0.15) is 5.10 Å². The first-order valence-corrected chi connectivity index (χ1v) is 10.9. The number of nitrogens with zero attached hydrogens (tertiary/aromatic N) is 4. The maximum atomic E-state index is 13.9. The minimum atomic E-state index is -0.815. The third kappa shape index (κ3) is 4.13. The van der Waals surface area contributed by atoms with Crippen molar-refractivity contribution in [3.05, 3.63) is 96.4 Å². The van der Waals surface area contributed by atoms with Gasteiger partial charge >= 0.3 is 0 Å². The second-order valence-electron chi connectivity index (χ2n) is 7.92. The molecule has 3 heterocycles. The molecular formula is C26H23N5O3. The Kier molecular flexibility index (Phi) is 5.78. The highest BCUT2D eigenvalue weighted by atomic mass is 16.5. The van der Waals surface area contributed by atoms with Crippen LogP contribution in [0.3, 0.4) is 0 Å². The minimum Gasteiger partial charge on any atom is -0.477 e. The average molecular weight is 454 g/mol. The van der Waals surface area contributed by atoms with Crippen molar-refractivity contribution in [2.45, 2.75) is 12.6 Å². The number of hydrogen-bond donors (Lipinski definition) is 1. The van der Waals surface area contributed by atoms with Crippen molar-refractivity contribution < 1.29 is 14.3 Å². The van der Waals surface area contributed by atoms with Gasteiger partial charge in [0.25, 0.3) is 11.8 Å². The Hall–Kier alpha value is -4.46. The van der Waals surface area contributed by atoms with Gasteiger partial charge in [0.1, 0.15) is 11.4 Å². The van der Waals surface area contributed by atoms with Crippen LogP contribution in [0.2, 0.25) is 0 Å². The predicted octanol–water partition coefficient (Wildman–Crippen LogP) is 3.15. The Morgan fingerprint density at radius 1 is 1.06 bits per heavy atom. The fourth-order valence-corrected chi connectivity index (χ4v) is 4.02. The zero-order valence-corrected chi connectivity index (χ0v) is 18.6. The second kappa shape index (κ2) is 9.19. The first-order chi connectivity index (χ1) is 16.6. The van der Waals surface area contributed by atoms with E-state index in [2.05, 4.69) is 10.3 Å². The molecule has 1 unspecified atom stereocenters. The van der Waals surface area contributed by atoms with E-state index in [1.54, 1.807) is 41.3 Å². The monoisotopic (exact) mass is 453 g/mol. The predicted molar refractivity (Wildman–Crippen MR) is 128 cm³/mol. The highest BCUT2D eigenvalue weighted by Crippen LogP contribution is 2.35. The van der Waals surface area contributed by atoms with E-state index in [0.29, 0.717) is 29.2 Å².